The number of rotatable bonds is 6. The number of carbonyl (C=O) groups excluding carboxylic acids is 2. The number of benzene rings is 2. The molecule has 0 aliphatic heterocycles. The van der Waals surface area contributed by atoms with Crippen molar-refractivity contribution >= 4 is 18.0 Å². The first kappa shape index (κ1) is 23.2. The van der Waals surface area contributed by atoms with Crippen LogP contribution in [0.4, 0.5) is 13.2 Å². The first-order chi connectivity index (χ1) is 14.0. The standard InChI is InChI=1S/C23H24F3NO3/c1-22(2,3)30-20(28)19(27-21(29)23(24,25)26)18(17-12-8-5-9-13-17)15-14-16-10-6-4-7-11-16/h4-15,18-19H,1-3H3,(H,27,29)/b15-14+/t18-,19-/m1/s1. The average Bonchev–Trinajstić information content (AvgIpc) is 2.66. The summed E-state index contributed by atoms with van der Waals surface area (Å²) in [5, 5.41) is 1.82. The lowest BCUT2D eigenvalue weighted by Crippen LogP contribution is -2.51. The number of alkyl halides is 3. The van der Waals surface area contributed by atoms with Gasteiger partial charge in [0.05, 0.1) is 0 Å². The van der Waals surface area contributed by atoms with Crippen LogP contribution < -0.4 is 5.32 Å². The maximum Gasteiger partial charge on any atom is 0.471 e. The van der Waals surface area contributed by atoms with Crippen LogP contribution in [0.15, 0.2) is 66.7 Å². The fourth-order valence-electron chi connectivity index (χ4n) is 2.75. The predicted molar refractivity (Wildman–Crippen MR) is 108 cm³/mol. The van der Waals surface area contributed by atoms with Gasteiger partial charge in [-0.05, 0) is 31.9 Å². The second-order valence-electron chi connectivity index (χ2n) is 7.69. The zero-order valence-electron chi connectivity index (χ0n) is 16.9. The Morgan fingerprint density at radius 3 is 1.97 bits per heavy atom. The lowest BCUT2D eigenvalue weighted by Gasteiger charge is -2.29. The van der Waals surface area contributed by atoms with E-state index in [4.69, 9.17) is 4.74 Å². The third kappa shape index (κ3) is 7.06. The van der Waals surface area contributed by atoms with Gasteiger partial charge in [0.2, 0.25) is 0 Å². The predicted octanol–water partition coefficient (Wildman–Crippen LogP) is 4.87. The molecule has 0 spiro atoms. The molecule has 1 N–H and O–H groups in total. The summed E-state index contributed by atoms with van der Waals surface area (Å²) < 4.78 is 44.1. The number of hydrogen-bond donors (Lipinski definition) is 1. The fourth-order valence-corrected chi connectivity index (χ4v) is 2.75. The minimum absolute atomic E-state index is 0.558. The number of carbonyl (C=O) groups is 2. The Bertz CT molecular complexity index is 872. The SMILES string of the molecule is CC(C)(C)OC(=O)[C@H](NC(=O)C(F)(F)F)[C@H](/C=C/c1ccccc1)c1ccccc1. The van der Waals surface area contributed by atoms with Crippen LogP contribution in [-0.4, -0.2) is 29.7 Å². The molecule has 0 saturated carbocycles. The monoisotopic (exact) mass is 419 g/mol. The van der Waals surface area contributed by atoms with Gasteiger partial charge in [0.15, 0.2) is 0 Å². The van der Waals surface area contributed by atoms with Crippen molar-refractivity contribution in [2.75, 3.05) is 0 Å². The molecule has 0 unspecified atom stereocenters. The molecule has 2 rings (SSSR count). The summed E-state index contributed by atoms with van der Waals surface area (Å²) in [7, 11) is 0. The van der Waals surface area contributed by atoms with Gasteiger partial charge < -0.3 is 10.1 Å². The summed E-state index contributed by atoms with van der Waals surface area (Å²) in [6.45, 7) is 4.81. The summed E-state index contributed by atoms with van der Waals surface area (Å²) in [6, 6.07) is 16.0. The zero-order valence-corrected chi connectivity index (χ0v) is 16.9. The molecule has 0 saturated heterocycles. The number of halogens is 3. The highest BCUT2D eigenvalue weighted by atomic mass is 19.4. The van der Waals surface area contributed by atoms with Gasteiger partial charge in [-0.25, -0.2) is 4.79 Å². The van der Waals surface area contributed by atoms with E-state index in [2.05, 4.69) is 0 Å². The summed E-state index contributed by atoms with van der Waals surface area (Å²) >= 11 is 0. The topological polar surface area (TPSA) is 55.4 Å². The fraction of sp³-hybridized carbons (Fsp3) is 0.304. The van der Waals surface area contributed by atoms with Gasteiger partial charge in [-0.1, -0.05) is 72.8 Å². The molecule has 30 heavy (non-hydrogen) atoms. The highest BCUT2D eigenvalue weighted by Gasteiger charge is 2.43. The lowest BCUT2D eigenvalue weighted by molar-refractivity contribution is -0.177. The number of esters is 1. The van der Waals surface area contributed by atoms with E-state index in [9.17, 15) is 22.8 Å². The Morgan fingerprint density at radius 1 is 0.933 bits per heavy atom. The Morgan fingerprint density at radius 2 is 1.47 bits per heavy atom. The van der Waals surface area contributed by atoms with Crippen molar-refractivity contribution < 1.29 is 27.5 Å². The van der Waals surface area contributed by atoms with Crippen molar-refractivity contribution in [2.24, 2.45) is 0 Å². The van der Waals surface area contributed by atoms with E-state index in [1.54, 1.807) is 63.3 Å². The highest BCUT2D eigenvalue weighted by molar-refractivity contribution is 5.88. The molecule has 2 atom stereocenters. The quantitative estimate of drug-likeness (QED) is 0.680. The van der Waals surface area contributed by atoms with Gasteiger partial charge >= 0.3 is 18.1 Å². The lowest BCUT2D eigenvalue weighted by atomic mass is 9.90. The van der Waals surface area contributed by atoms with Crippen LogP contribution in [0.2, 0.25) is 0 Å². The van der Waals surface area contributed by atoms with Crippen LogP contribution >= 0.6 is 0 Å². The van der Waals surface area contributed by atoms with Gasteiger partial charge in [0.25, 0.3) is 0 Å². The molecular weight excluding hydrogens is 395 g/mol. The first-order valence-electron chi connectivity index (χ1n) is 9.36. The smallest absolute Gasteiger partial charge is 0.458 e. The molecule has 0 aliphatic carbocycles. The molecule has 0 aliphatic rings. The Labute approximate surface area is 173 Å². The average molecular weight is 419 g/mol. The van der Waals surface area contributed by atoms with E-state index in [0.29, 0.717) is 5.56 Å². The molecule has 0 fully saturated rings. The molecule has 0 radical (unpaired) electrons. The summed E-state index contributed by atoms with van der Waals surface area (Å²) in [6.07, 6.45) is -1.85. The van der Waals surface area contributed by atoms with Crippen LogP contribution in [0.1, 0.15) is 37.8 Å². The molecular formula is C23H24F3NO3. The third-order valence-corrected chi connectivity index (χ3v) is 4.04. The second-order valence-corrected chi connectivity index (χ2v) is 7.69. The van der Waals surface area contributed by atoms with E-state index in [-0.39, 0.29) is 0 Å². The van der Waals surface area contributed by atoms with Gasteiger partial charge in [-0.2, -0.15) is 13.2 Å². The van der Waals surface area contributed by atoms with E-state index in [1.165, 1.54) is 0 Å². The van der Waals surface area contributed by atoms with Gasteiger partial charge in [-0.15, -0.1) is 0 Å². The minimum atomic E-state index is -5.13. The van der Waals surface area contributed by atoms with E-state index in [0.717, 1.165) is 5.56 Å². The molecule has 7 heteroatoms. The number of amides is 1. The Balaban J connectivity index is 2.48. The first-order valence-corrected chi connectivity index (χ1v) is 9.36. The molecule has 160 valence electrons. The molecule has 2 aromatic carbocycles. The Hall–Kier alpha value is -3.09. The van der Waals surface area contributed by atoms with Crippen LogP contribution in [0.25, 0.3) is 6.08 Å². The van der Waals surface area contributed by atoms with Crippen LogP contribution in [0.5, 0.6) is 0 Å². The van der Waals surface area contributed by atoms with Crippen LogP contribution in [-0.2, 0) is 14.3 Å². The molecule has 0 bridgehead atoms. The maximum absolute atomic E-state index is 12.9. The van der Waals surface area contributed by atoms with Crippen molar-refractivity contribution in [1.29, 1.82) is 0 Å². The zero-order chi connectivity index (χ0) is 22.4. The molecule has 2 aromatic rings. The highest BCUT2D eigenvalue weighted by Crippen LogP contribution is 2.26. The van der Waals surface area contributed by atoms with Gasteiger partial charge in [0.1, 0.15) is 11.6 Å². The van der Waals surface area contributed by atoms with Crippen molar-refractivity contribution in [3.63, 3.8) is 0 Å². The van der Waals surface area contributed by atoms with Crippen LogP contribution in [0.3, 0.4) is 0 Å². The normalized spacial score (nSPS) is 14.2. The third-order valence-electron chi connectivity index (χ3n) is 4.04. The summed E-state index contributed by atoms with van der Waals surface area (Å²) in [4.78, 5) is 24.5. The van der Waals surface area contributed by atoms with E-state index < -0.39 is 35.6 Å². The second kappa shape index (κ2) is 9.61. The molecule has 0 aromatic heterocycles. The van der Waals surface area contributed by atoms with Crippen molar-refractivity contribution in [3.8, 4) is 0 Å². The van der Waals surface area contributed by atoms with Crippen molar-refractivity contribution in [1.82, 2.24) is 5.32 Å². The number of hydrogen-bond acceptors (Lipinski definition) is 3. The van der Waals surface area contributed by atoms with Crippen molar-refractivity contribution in [3.05, 3.63) is 77.9 Å². The largest absolute Gasteiger partial charge is 0.471 e. The van der Waals surface area contributed by atoms with E-state index >= 15 is 0 Å². The maximum atomic E-state index is 12.9. The number of nitrogens with one attached hydrogen (secondary N) is 1. The number of ether oxygens (including phenoxy) is 1. The molecule has 0 heterocycles. The Kier molecular flexibility index (Phi) is 7.43. The van der Waals surface area contributed by atoms with Crippen LogP contribution in [0, 0.1) is 0 Å². The van der Waals surface area contributed by atoms with E-state index in [1.807, 2.05) is 35.6 Å². The van der Waals surface area contributed by atoms with Crippen molar-refractivity contribution in [2.45, 2.75) is 44.5 Å². The van der Waals surface area contributed by atoms with Gasteiger partial charge in [-0.3, -0.25) is 4.79 Å². The minimum Gasteiger partial charge on any atom is -0.458 e. The molecule has 4 nitrogen and oxygen atoms in total. The summed E-state index contributed by atoms with van der Waals surface area (Å²) in [5.41, 5.74) is 0.411. The summed E-state index contributed by atoms with van der Waals surface area (Å²) in [5.74, 6) is -4.04. The molecule has 1 amide bonds. The van der Waals surface area contributed by atoms with Gasteiger partial charge in [0, 0.05) is 5.92 Å².